The number of alkyl halides is 6. The van der Waals surface area contributed by atoms with Gasteiger partial charge in [0.25, 0.3) is 5.56 Å². The van der Waals surface area contributed by atoms with Crippen molar-refractivity contribution >= 4 is 27.5 Å². The smallest absolute Gasteiger partial charge is 0.278 e. The van der Waals surface area contributed by atoms with E-state index in [9.17, 15) is 35.5 Å². The first-order valence-corrected chi connectivity index (χ1v) is 7.05. The Labute approximate surface area is 142 Å². The maximum absolute atomic E-state index is 14.0. The standard InChI is InChI=1S/C13H4BrClF7NO/c14-6-3-7(13(20,21)22)11(24)23(4-6)10-8(15)1-5(2-9(10)16)12(17,18)19/h1-4H. The van der Waals surface area contributed by atoms with Crippen molar-refractivity contribution in [2.24, 2.45) is 0 Å². The SMILES string of the molecule is O=c1c(C(F)(F)F)cc(Br)cn1-c1c(F)cc(C(F)(F)F)cc1Cl. The summed E-state index contributed by atoms with van der Waals surface area (Å²) in [6.07, 6.45) is -9.19. The molecule has 24 heavy (non-hydrogen) atoms. The molecule has 0 amide bonds. The van der Waals surface area contributed by atoms with Gasteiger partial charge in [0.2, 0.25) is 0 Å². The Hall–Kier alpha value is -1.55. The van der Waals surface area contributed by atoms with E-state index in [0.717, 1.165) is 6.20 Å². The number of halogens is 9. The van der Waals surface area contributed by atoms with Crippen LogP contribution < -0.4 is 5.56 Å². The number of aromatic nitrogens is 1. The van der Waals surface area contributed by atoms with Gasteiger partial charge in [-0.1, -0.05) is 11.6 Å². The Morgan fingerprint density at radius 1 is 1.00 bits per heavy atom. The molecular weight excluding hydrogens is 434 g/mol. The molecule has 0 N–H and O–H groups in total. The van der Waals surface area contributed by atoms with E-state index in [1.807, 2.05) is 0 Å². The highest BCUT2D eigenvalue weighted by Crippen LogP contribution is 2.35. The van der Waals surface area contributed by atoms with E-state index < -0.39 is 45.6 Å². The van der Waals surface area contributed by atoms with Crippen molar-refractivity contribution in [3.8, 4) is 5.69 Å². The average molecular weight is 439 g/mol. The van der Waals surface area contributed by atoms with E-state index in [0.29, 0.717) is 12.1 Å². The van der Waals surface area contributed by atoms with Crippen LogP contribution in [0.25, 0.3) is 5.69 Å². The van der Waals surface area contributed by atoms with Crippen LogP contribution in [0.2, 0.25) is 5.02 Å². The number of nitrogens with zero attached hydrogens (tertiary/aromatic N) is 1. The second-order valence-corrected chi connectivity index (χ2v) is 5.85. The molecule has 0 radical (unpaired) electrons. The predicted octanol–water partition coefficient (Wildman–Crippen LogP) is 5.43. The molecule has 1 aromatic heterocycles. The summed E-state index contributed by atoms with van der Waals surface area (Å²) in [6, 6.07) is 0.830. The molecule has 0 saturated heterocycles. The fourth-order valence-electron chi connectivity index (χ4n) is 1.88. The zero-order valence-corrected chi connectivity index (χ0v) is 13.4. The van der Waals surface area contributed by atoms with Crippen molar-refractivity contribution in [1.29, 1.82) is 0 Å². The van der Waals surface area contributed by atoms with Gasteiger partial charge in [-0.2, -0.15) is 26.3 Å². The third-order valence-corrected chi connectivity index (χ3v) is 3.60. The van der Waals surface area contributed by atoms with Crippen molar-refractivity contribution in [2.45, 2.75) is 12.4 Å². The lowest BCUT2D eigenvalue weighted by Gasteiger charge is -2.15. The molecule has 0 spiro atoms. The second kappa shape index (κ2) is 6.07. The third kappa shape index (κ3) is 3.59. The minimum atomic E-state index is -5.04. The summed E-state index contributed by atoms with van der Waals surface area (Å²) < 4.78 is 90.3. The lowest BCUT2D eigenvalue weighted by atomic mass is 10.1. The normalized spacial score (nSPS) is 12.5. The maximum atomic E-state index is 14.0. The quantitative estimate of drug-likeness (QED) is 0.544. The van der Waals surface area contributed by atoms with E-state index in [-0.39, 0.29) is 15.1 Å². The Bertz CT molecular complexity index is 834. The topological polar surface area (TPSA) is 22.0 Å². The molecule has 0 unspecified atom stereocenters. The molecule has 130 valence electrons. The first-order valence-electron chi connectivity index (χ1n) is 5.88. The molecule has 0 aliphatic carbocycles. The first-order chi connectivity index (χ1) is 10.8. The van der Waals surface area contributed by atoms with E-state index >= 15 is 0 Å². The Morgan fingerprint density at radius 3 is 2.04 bits per heavy atom. The van der Waals surface area contributed by atoms with Crippen molar-refractivity contribution in [2.75, 3.05) is 0 Å². The number of hydrogen-bond acceptors (Lipinski definition) is 1. The van der Waals surface area contributed by atoms with Gasteiger partial charge in [-0.25, -0.2) is 4.39 Å². The Morgan fingerprint density at radius 2 is 1.58 bits per heavy atom. The highest BCUT2D eigenvalue weighted by molar-refractivity contribution is 9.10. The van der Waals surface area contributed by atoms with Crippen molar-refractivity contribution < 1.29 is 30.7 Å². The molecule has 0 bridgehead atoms. The zero-order valence-electron chi connectivity index (χ0n) is 11.1. The highest BCUT2D eigenvalue weighted by Gasteiger charge is 2.36. The third-order valence-electron chi connectivity index (χ3n) is 2.87. The van der Waals surface area contributed by atoms with Crippen molar-refractivity contribution in [3.63, 3.8) is 0 Å². The van der Waals surface area contributed by atoms with Gasteiger partial charge in [0, 0.05) is 10.7 Å². The van der Waals surface area contributed by atoms with Crippen molar-refractivity contribution in [3.05, 3.63) is 61.2 Å². The van der Waals surface area contributed by atoms with Crippen LogP contribution >= 0.6 is 27.5 Å². The van der Waals surface area contributed by atoms with Gasteiger partial charge in [-0.15, -0.1) is 0 Å². The monoisotopic (exact) mass is 437 g/mol. The minimum absolute atomic E-state index is 0.0435. The molecular formula is C13H4BrClF7NO. The van der Waals surface area contributed by atoms with Crippen LogP contribution in [0.15, 0.2) is 33.7 Å². The van der Waals surface area contributed by atoms with Crippen molar-refractivity contribution in [1.82, 2.24) is 4.57 Å². The van der Waals surface area contributed by atoms with Crippen LogP contribution in [0.1, 0.15) is 11.1 Å². The molecule has 11 heteroatoms. The Kier molecular flexibility index (Phi) is 4.75. The van der Waals surface area contributed by atoms with E-state index in [2.05, 4.69) is 15.9 Å². The summed E-state index contributed by atoms with van der Waals surface area (Å²) in [5, 5.41) is -0.865. The molecule has 0 saturated carbocycles. The average Bonchev–Trinajstić information content (AvgIpc) is 2.39. The van der Waals surface area contributed by atoms with Gasteiger partial charge < -0.3 is 0 Å². The minimum Gasteiger partial charge on any atom is -0.278 e. The van der Waals surface area contributed by atoms with Crippen LogP contribution in [0, 0.1) is 5.82 Å². The summed E-state index contributed by atoms with van der Waals surface area (Å²) in [5.74, 6) is -1.59. The summed E-state index contributed by atoms with van der Waals surface area (Å²) in [5.41, 5.74) is -5.66. The molecule has 2 rings (SSSR count). The van der Waals surface area contributed by atoms with Crippen LogP contribution in [0.5, 0.6) is 0 Å². The summed E-state index contributed by atoms with van der Waals surface area (Å²) in [7, 11) is 0. The second-order valence-electron chi connectivity index (χ2n) is 4.53. The summed E-state index contributed by atoms with van der Waals surface area (Å²) in [4.78, 5) is 11.9. The lowest BCUT2D eigenvalue weighted by molar-refractivity contribution is -0.139. The maximum Gasteiger partial charge on any atom is 0.421 e. The molecule has 2 nitrogen and oxygen atoms in total. The van der Waals surface area contributed by atoms with Gasteiger partial charge in [0.15, 0.2) is 0 Å². The van der Waals surface area contributed by atoms with E-state index in [1.165, 1.54) is 0 Å². The van der Waals surface area contributed by atoms with E-state index in [4.69, 9.17) is 11.6 Å². The van der Waals surface area contributed by atoms with Gasteiger partial charge >= 0.3 is 12.4 Å². The lowest BCUT2D eigenvalue weighted by Crippen LogP contribution is -2.28. The number of benzene rings is 1. The predicted molar refractivity (Wildman–Crippen MR) is 74.7 cm³/mol. The van der Waals surface area contributed by atoms with Crippen LogP contribution in [0.3, 0.4) is 0 Å². The largest absolute Gasteiger partial charge is 0.421 e. The highest BCUT2D eigenvalue weighted by atomic mass is 79.9. The molecule has 2 aromatic rings. The van der Waals surface area contributed by atoms with Gasteiger partial charge in [0.05, 0.1) is 10.6 Å². The summed E-state index contributed by atoms with van der Waals surface area (Å²) >= 11 is 8.30. The van der Waals surface area contributed by atoms with Gasteiger partial charge in [0.1, 0.15) is 17.1 Å². The fourth-order valence-corrected chi connectivity index (χ4v) is 2.61. The molecule has 0 aliphatic rings. The first kappa shape index (κ1) is 18.8. The van der Waals surface area contributed by atoms with Crippen LogP contribution in [-0.4, -0.2) is 4.57 Å². The molecule has 1 aromatic carbocycles. The molecule has 0 fully saturated rings. The Balaban J connectivity index is 2.79. The molecule has 0 atom stereocenters. The number of rotatable bonds is 1. The van der Waals surface area contributed by atoms with Gasteiger partial charge in [-0.05, 0) is 34.1 Å². The van der Waals surface area contributed by atoms with Gasteiger partial charge in [-0.3, -0.25) is 9.36 Å². The van der Waals surface area contributed by atoms with Crippen LogP contribution in [-0.2, 0) is 12.4 Å². The number of pyridine rings is 1. The fraction of sp³-hybridized carbons (Fsp3) is 0.154. The molecule has 0 aliphatic heterocycles. The van der Waals surface area contributed by atoms with Crippen LogP contribution in [0.4, 0.5) is 30.7 Å². The number of hydrogen-bond donors (Lipinski definition) is 0. The zero-order chi connectivity index (χ0) is 18.4. The molecule has 1 heterocycles. The van der Waals surface area contributed by atoms with E-state index in [1.54, 1.807) is 0 Å². The summed E-state index contributed by atoms with van der Waals surface area (Å²) in [6.45, 7) is 0.